The molecule has 1 heterocycles. The number of anilines is 1. The standard InChI is InChI=1S/C14H22N2/c1-16(2)13-8-6-7-12(11-13)14-9-4-3-5-10-15-14/h6-8,11,14-15H,3-5,9-10H2,1-2H3/p+1/t14-/m1/s1. The smallest absolute Gasteiger partial charge is 0.112 e. The number of rotatable bonds is 2. The van der Waals surface area contributed by atoms with E-state index in [0.29, 0.717) is 6.04 Å². The molecule has 0 spiro atoms. The Hall–Kier alpha value is -1.02. The van der Waals surface area contributed by atoms with Crippen molar-refractivity contribution in [3.63, 3.8) is 0 Å². The van der Waals surface area contributed by atoms with E-state index in [2.05, 4.69) is 48.6 Å². The molecule has 1 fully saturated rings. The van der Waals surface area contributed by atoms with E-state index in [1.807, 2.05) is 0 Å². The Balaban J connectivity index is 2.15. The largest absolute Gasteiger partial charge is 0.378 e. The minimum absolute atomic E-state index is 0.683. The molecule has 0 aromatic heterocycles. The van der Waals surface area contributed by atoms with Crippen molar-refractivity contribution in [1.82, 2.24) is 0 Å². The molecule has 2 heteroatoms. The highest BCUT2D eigenvalue weighted by Gasteiger charge is 2.17. The van der Waals surface area contributed by atoms with E-state index in [-0.39, 0.29) is 0 Å². The molecule has 0 bridgehead atoms. The highest BCUT2D eigenvalue weighted by molar-refractivity contribution is 5.47. The van der Waals surface area contributed by atoms with E-state index in [1.165, 1.54) is 43.5 Å². The molecule has 2 rings (SSSR count). The van der Waals surface area contributed by atoms with E-state index in [0.717, 1.165) is 0 Å². The molecule has 0 radical (unpaired) electrons. The van der Waals surface area contributed by atoms with Gasteiger partial charge < -0.3 is 10.2 Å². The SMILES string of the molecule is CN(C)c1cccc([C@H]2CCCCC[NH2+]2)c1. The minimum atomic E-state index is 0.683. The van der Waals surface area contributed by atoms with Crippen molar-refractivity contribution in [3.05, 3.63) is 29.8 Å². The third-order valence-corrected chi connectivity index (χ3v) is 3.49. The maximum absolute atomic E-state index is 2.52. The third kappa shape index (κ3) is 2.76. The number of benzene rings is 1. The van der Waals surface area contributed by atoms with Crippen LogP contribution in [0.5, 0.6) is 0 Å². The van der Waals surface area contributed by atoms with Gasteiger partial charge in [-0.15, -0.1) is 0 Å². The zero-order valence-electron chi connectivity index (χ0n) is 10.4. The fourth-order valence-electron chi connectivity index (χ4n) is 2.46. The molecule has 16 heavy (non-hydrogen) atoms. The number of hydrogen-bond acceptors (Lipinski definition) is 1. The molecule has 0 amide bonds. The van der Waals surface area contributed by atoms with Crippen molar-refractivity contribution in [3.8, 4) is 0 Å². The topological polar surface area (TPSA) is 19.9 Å². The van der Waals surface area contributed by atoms with E-state index >= 15 is 0 Å². The summed E-state index contributed by atoms with van der Waals surface area (Å²) in [5.74, 6) is 0. The molecule has 1 saturated heterocycles. The number of nitrogens with zero attached hydrogens (tertiary/aromatic N) is 1. The van der Waals surface area contributed by atoms with E-state index in [4.69, 9.17) is 0 Å². The van der Waals surface area contributed by atoms with Crippen LogP contribution in [0, 0.1) is 0 Å². The third-order valence-electron chi connectivity index (χ3n) is 3.49. The van der Waals surface area contributed by atoms with E-state index in [9.17, 15) is 0 Å². The molecule has 0 saturated carbocycles. The van der Waals surface area contributed by atoms with Gasteiger partial charge in [0, 0.05) is 31.8 Å². The van der Waals surface area contributed by atoms with Crippen LogP contribution in [-0.2, 0) is 0 Å². The van der Waals surface area contributed by atoms with Crippen LogP contribution in [0.2, 0.25) is 0 Å². The summed E-state index contributed by atoms with van der Waals surface area (Å²) in [5, 5.41) is 2.52. The quantitative estimate of drug-likeness (QED) is 0.805. The van der Waals surface area contributed by atoms with E-state index in [1.54, 1.807) is 0 Å². The monoisotopic (exact) mass is 219 g/mol. The van der Waals surface area contributed by atoms with Crippen LogP contribution in [0.25, 0.3) is 0 Å². The van der Waals surface area contributed by atoms with Crippen molar-refractivity contribution >= 4 is 5.69 Å². The summed E-state index contributed by atoms with van der Waals surface area (Å²) in [6.07, 6.45) is 5.49. The van der Waals surface area contributed by atoms with Gasteiger partial charge in [0.15, 0.2) is 0 Å². The Labute approximate surface area is 98.7 Å². The summed E-state index contributed by atoms with van der Waals surface area (Å²) < 4.78 is 0. The second-order valence-corrected chi connectivity index (χ2v) is 4.97. The maximum Gasteiger partial charge on any atom is 0.112 e. The highest BCUT2D eigenvalue weighted by Crippen LogP contribution is 2.22. The van der Waals surface area contributed by atoms with Gasteiger partial charge in [-0.25, -0.2) is 0 Å². The van der Waals surface area contributed by atoms with Gasteiger partial charge in [-0.2, -0.15) is 0 Å². The van der Waals surface area contributed by atoms with Crippen molar-refractivity contribution in [2.24, 2.45) is 0 Å². The molecule has 2 nitrogen and oxygen atoms in total. The van der Waals surface area contributed by atoms with Crippen molar-refractivity contribution in [1.29, 1.82) is 0 Å². The van der Waals surface area contributed by atoms with Gasteiger partial charge in [0.2, 0.25) is 0 Å². The fourth-order valence-corrected chi connectivity index (χ4v) is 2.46. The normalized spacial score (nSPS) is 21.5. The first-order valence-corrected chi connectivity index (χ1v) is 6.38. The van der Waals surface area contributed by atoms with Gasteiger partial charge in [-0.1, -0.05) is 12.1 Å². The summed E-state index contributed by atoms with van der Waals surface area (Å²) in [5.41, 5.74) is 2.81. The molecule has 1 atom stereocenters. The summed E-state index contributed by atoms with van der Waals surface area (Å²) in [6.45, 7) is 1.29. The zero-order valence-corrected chi connectivity index (χ0v) is 10.4. The van der Waals surface area contributed by atoms with E-state index < -0.39 is 0 Å². The van der Waals surface area contributed by atoms with Crippen LogP contribution < -0.4 is 10.2 Å². The zero-order chi connectivity index (χ0) is 11.4. The molecule has 2 N–H and O–H groups in total. The Morgan fingerprint density at radius 1 is 1.19 bits per heavy atom. The molecule has 1 aliphatic rings. The van der Waals surface area contributed by atoms with Gasteiger partial charge in [0.05, 0.1) is 6.54 Å². The summed E-state index contributed by atoms with van der Waals surface area (Å²) >= 11 is 0. The van der Waals surface area contributed by atoms with Crippen LogP contribution in [0.15, 0.2) is 24.3 Å². The molecular weight excluding hydrogens is 196 g/mol. The minimum Gasteiger partial charge on any atom is -0.378 e. The van der Waals surface area contributed by atoms with Gasteiger partial charge in [0.25, 0.3) is 0 Å². The summed E-state index contributed by atoms with van der Waals surface area (Å²) in [6, 6.07) is 9.66. The van der Waals surface area contributed by atoms with Crippen molar-refractivity contribution < 1.29 is 5.32 Å². The molecule has 1 aliphatic heterocycles. The lowest BCUT2D eigenvalue weighted by molar-refractivity contribution is -0.694. The second-order valence-electron chi connectivity index (χ2n) is 4.97. The number of nitrogens with two attached hydrogens (primary N) is 1. The van der Waals surface area contributed by atoms with Crippen LogP contribution in [0.3, 0.4) is 0 Å². The predicted molar refractivity (Wildman–Crippen MR) is 68.8 cm³/mol. The lowest BCUT2D eigenvalue weighted by atomic mass is 10.0. The molecule has 1 aromatic carbocycles. The molecular formula is C14H23N2+. The second kappa shape index (κ2) is 5.35. The van der Waals surface area contributed by atoms with Gasteiger partial charge >= 0.3 is 0 Å². The fraction of sp³-hybridized carbons (Fsp3) is 0.571. The van der Waals surface area contributed by atoms with Crippen molar-refractivity contribution in [2.45, 2.75) is 31.7 Å². The Kier molecular flexibility index (Phi) is 3.83. The Bertz CT molecular complexity index is 325. The summed E-state index contributed by atoms with van der Waals surface area (Å²) in [4.78, 5) is 2.18. The molecule has 0 unspecified atom stereocenters. The molecule has 88 valence electrons. The van der Waals surface area contributed by atoms with Gasteiger partial charge in [0.1, 0.15) is 6.04 Å². The first-order valence-electron chi connectivity index (χ1n) is 6.38. The van der Waals surface area contributed by atoms with Crippen LogP contribution >= 0.6 is 0 Å². The average Bonchev–Trinajstić information content (AvgIpc) is 2.57. The maximum atomic E-state index is 2.52. The average molecular weight is 219 g/mol. The highest BCUT2D eigenvalue weighted by atomic mass is 15.1. The number of hydrogen-bond donors (Lipinski definition) is 1. The van der Waals surface area contributed by atoms with Crippen molar-refractivity contribution in [2.75, 3.05) is 25.5 Å². The molecule has 1 aromatic rings. The van der Waals surface area contributed by atoms with Crippen LogP contribution in [0.1, 0.15) is 37.3 Å². The Morgan fingerprint density at radius 2 is 2.06 bits per heavy atom. The van der Waals surface area contributed by atoms with Crippen LogP contribution in [-0.4, -0.2) is 20.6 Å². The first-order chi connectivity index (χ1) is 7.77. The van der Waals surface area contributed by atoms with Gasteiger partial charge in [-0.05, 0) is 31.4 Å². The van der Waals surface area contributed by atoms with Gasteiger partial charge in [-0.3, -0.25) is 0 Å². The first kappa shape index (κ1) is 11.5. The predicted octanol–water partition coefficient (Wildman–Crippen LogP) is 1.93. The Morgan fingerprint density at radius 3 is 2.88 bits per heavy atom. The van der Waals surface area contributed by atoms with Crippen LogP contribution in [0.4, 0.5) is 5.69 Å². The number of quaternary nitrogens is 1. The lowest BCUT2D eigenvalue weighted by Gasteiger charge is -2.17. The lowest BCUT2D eigenvalue weighted by Crippen LogP contribution is -2.84. The summed E-state index contributed by atoms with van der Waals surface area (Å²) in [7, 11) is 4.21. The molecule has 0 aliphatic carbocycles.